The molecular weight excluding hydrogens is 405 g/mol. The summed E-state index contributed by atoms with van der Waals surface area (Å²) in [7, 11) is 0. The summed E-state index contributed by atoms with van der Waals surface area (Å²) >= 11 is 17.5. The van der Waals surface area contributed by atoms with Gasteiger partial charge in [0, 0.05) is 12.1 Å². The number of amides is 1. The second-order valence-electron chi connectivity index (χ2n) is 6.40. The Labute approximate surface area is 172 Å². The van der Waals surface area contributed by atoms with Gasteiger partial charge in [-0.3, -0.25) is 4.79 Å². The summed E-state index contributed by atoms with van der Waals surface area (Å²) in [6.07, 6.45) is 0.411. The number of aromatic nitrogens is 1. The maximum absolute atomic E-state index is 11.8. The average Bonchev–Trinajstić information content (AvgIpc) is 2.99. The Morgan fingerprint density at radius 3 is 2.78 bits per heavy atom. The number of anilines is 1. The summed E-state index contributed by atoms with van der Waals surface area (Å²) in [5, 5.41) is 6.69. The Kier molecular flexibility index (Phi) is 5.99. The van der Waals surface area contributed by atoms with Crippen molar-refractivity contribution in [1.82, 2.24) is 10.3 Å². The molecule has 27 heavy (non-hydrogen) atoms. The molecule has 0 bridgehead atoms. The minimum atomic E-state index is -0.122. The maximum atomic E-state index is 11.8. The van der Waals surface area contributed by atoms with Crippen molar-refractivity contribution >= 4 is 63.2 Å². The van der Waals surface area contributed by atoms with Gasteiger partial charge >= 0.3 is 0 Å². The van der Waals surface area contributed by atoms with Gasteiger partial charge in [-0.25, -0.2) is 4.98 Å². The van der Waals surface area contributed by atoms with Gasteiger partial charge in [0.2, 0.25) is 11.8 Å². The van der Waals surface area contributed by atoms with Gasteiger partial charge in [0.25, 0.3) is 0 Å². The highest BCUT2D eigenvalue weighted by molar-refractivity contribution is 7.80. The molecule has 0 aliphatic heterocycles. The van der Waals surface area contributed by atoms with Gasteiger partial charge in [-0.15, -0.1) is 0 Å². The van der Waals surface area contributed by atoms with E-state index in [1.807, 2.05) is 13.8 Å². The van der Waals surface area contributed by atoms with Crippen LogP contribution in [0.1, 0.15) is 20.3 Å². The third kappa shape index (κ3) is 4.77. The summed E-state index contributed by atoms with van der Waals surface area (Å²) < 4.78 is 5.77. The van der Waals surface area contributed by atoms with E-state index in [2.05, 4.69) is 15.6 Å². The minimum Gasteiger partial charge on any atom is -0.436 e. The predicted molar refractivity (Wildman–Crippen MR) is 113 cm³/mol. The molecule has 1 aromatic heterocycles. The molecule has 3 rings (SSSR count). The van der Waals surface area contributed by atoms with Gasteiger partial charge in [-0.1, -0.05) is 43.1 Å². The van der Waals surface area contributed by atoms with Crippen LogP contribution in [-0.4, -0.2) is 16.0 Å². The molecule has 0 aliphatic rings. The minimum absolute atomic E-state index is 0.122. The van der Waals surface area contributed by atoms with Crippen LogP contribution in [-0.2, 0) is 4.79 Å². The second kappa shape index (κ2) is 8.25. The fraction of sp³-hybridized carbons (Fsp3) is 0.211. The number of nitrogens with zero attached hydrogens (tertiary/aromatic N) is 1. The second-order valence-corrected chi connectivity index (χ2v) is 7.60. The number of carbonyl (C=O) groups excluding carboxylic acids is 1. The van der Waals surface area contributed by atoms with E-state index in [9.17, 15) is 4.79 Å². The van der Waals surface area contributed by atoms with Crippen molar-refractivity contribution in [2.45, 2.75) is 20.3 Å². The van der Waals surface area contributed by atoms with Gasteiger partial charge in [0.1, 0.15) is 5.52 Å². The van der Waals surface area contributed by atoms with Crippen LogP contribution in [0.25, 0.3) is 22.6 Å². The Morgan fingerprint density at radius 2 is 2.04 bits per heavy atom. The van der Waals surface area contributed by atoms with Crippen LogP contribution in [0.15, 0.2) is 40.8 Å². The van der Waals surface area contributed by atoms with E-state index >= 15 is 0 Å². The summed E-state index contributed by atoms with van der Waals surface area (Å²) in [4.78, 5) is 16.3. The zero-order valence-electron chi connectivity index (χ0n) is 14.7. The molecule has 3 aromatic rings. The van der Waals surface area contributed by atoms with Gasteiger partial charge in [0.05, 0.1) is 15.6 Å². The zero-order chi connectivity index (χ0) is 19.6. The van der Waals surface area contributed by atoms with Gasteiger partial charge in [-0.05, 0) is 48.5 Å². The number of thiocarbonyl (C=S) groups is 1. The standard InChI is InChI=1S/C19H17Cl2N3O2S/c1-10(2)8-16(25)24-19(27)22-11-6-7-15-14(9-11)23-18(26-15)12-4-3-5-13(20)17(12)21/h3-7,9-10H,8H2,1-2H3,(H2,22,24,25,27). The van der Waals surface area contributed by atoms with Crippen molar-refractivity contribution in [2.24, 2.45) is 5.92 Å². The van der Waals surface area contributed by atoms with Crippen molar-refractivity contribution < 1.29 is 9.21 Å². The molecular formula is C19H17Cl2N3O2S. The Morgan fingerprint density at radius 1 is 1.26 bits per heavy atom. The molecule has 1 heterocycles. The first-order valence-corrected chi connectivity index (χ1v) is 9.45. The summed E-state index contributed by atoms with van der Waals surface area (Å²) in [6.45, 7) is 3.94. The molecule has 0 radical (unpaired) electrons. The van der Waals surface area contributed by atoms with Gasteiger partial charge in [-0.2, -0.15) is 0 Å². The van der Waals surface area contributed by atoms with Crippen LogP contribution < -0.4 is 10.6 Å². The first-order valence-electron chi connectivity index (χ1n) is 8.29. The summed E-state index contributed by atoms with van der Waals surface area (Å²) in [6, 6.07) is 10.6. The monoisotopic (exact) mass is 421 g/mol. The Hall–Kier alpha value is -2.15. The fourth-order valence-electron chi connectivity index (χ4n) is 2.50. The molecule has 1 amide bonds. The van der Waals surface area contributed by atoms with Crippen LogP contribution in [0.5, 0.6) is 0 Å². The van der Waals surface area contributed by atoms with E-state index in [4.69, 9.17) is 39.8 Å². The van der Waals surface area contributed by atoms with E-state index < -0.39 is 0 Å². The Balaban J connectivity index is 1.79. The molecule has 140 valence electrons. The molecule has 0 aliphatic carbocycles. The topological polar surface area (TPSA) is 67.2 Å². The Bertz CT molecular complexity index is 1020. The largest absolute Gasteiger partial charge is 0.436 e. The lowest BCUT2D eigenvalue weighted by Crippen LogP contribution is -2.34. The van der Waals surface area contributed by atoms with Crippen LogP contribution in [0.2, 0.25) is 10.0 Å². The molecule has 0 unspecified atom stereocenters. The van der Waals surface area contributed by atoms with Crippen LogP contribution in [0.3, 0.4) is 0 Å². The predicted octanol–water partition coefficient (Wildman–Crippen LogP) is 5.66. The van der Waals surface area contributed by atoms with E-state index in [-0.39, 0.29) is 16.9 Å². The van der Waals surface area contributed by atoms with Crippen molar-refractivity contribution in [2.75, 3.05) is 5.32 Å². The lowest BCUT2D eigenvalue weighted by molar-refractivity contribution is -0.120. The number of fused-ring (bicyclic) bond motifs is 1. The first-order chi connectivity index (χ1) is 12.8. The van der Waals surface area contributed by atoms with E-state index in [1.165, 1.54) is 0 Å². The smallest absolute Gasteiger partial charge is 0.228 e. The third-order valence-corrected chi connectivity index (χ3v) is 4.70. The quantitative estimate of drug-likeness (QED) is 0.531. The zero-order valence-corrected chi connectivity index (χ0v) is 17.0. The molecule has 2 aromatic carbocycles. The maximum Gasteiger partial charge on any atom is 0.228 e. The molecule has 0 saturated heterocycles. The van der Waals surface area contributed by atoms with Gasteiger partial charge in [0.15, 0.2) is 10.7 Å². The van der Waals surface area contributed by atoms with E-state index in [1.54, 1.807) is 36.4 Å². The summed E-state index contributed by atoms with van der Waals surface area (Å²) in [5.74, 6) is 0.515. The molecule has 0 fully saturated rings. The number of hydrogen-bond acceptors (Lipinski definition) is 4. The molecule has 0 atom stereocenters. The van der Waals surface area contributed by atoms with Crippen molar-refractivity contribution in [1.29, 1.82) is 0 Å². The molecule has 8 heteroatoms. The van der Waals surface area contributed by atoms with Crippen molar-refractivity contribution in [3.8, 4) is 11.5 Å². The van der Waals surface area contributed by atoms with Crippen LogP contribution in [0.4, 0.5) is 5.69 Å². The lowest BCUT2D eigenvalue weighted by atomic mass is 10.1. The number of rotatable bonds is 4. The molecule has 0 spiro atoms. The third-order valence-electron chi connectivity index (χ3n) is 3.67. The number of benzene rings is 2. The average molecular weight is 422 g/mol. The fourth-order valence-corrected chi connectivity index (χ4v) is 3.11. The van der Waals surface area contributed by atoms with Crippen LogP contribution >= 0.6 is 35.4 Å². The number of carbonyl (C=O) groups is 1. The number of hydrogen-bond donors (Lipinski definition) is 2. The summed E-state index contributed by atoms with van der Waals surface area (Å²) in [5.41, 5.74) is 2.53. The number of nitrogens with one attached hydrogen (secondary N) is 2. The van der Waals surface area contributed by atoms with E-state index in [0.29, 0.717) is 44.7 Å². The highest BCUT2D eigenvalue weighted by Gasteiger charge is 2.14. The van der Waals surface area contributed by atoms with Crippen LogP contribution in [0, 0.1) is 5.92 Å². The highest BCUT2D eigenvalue weighted by Crippen LogP contribution is 2.34. The first kappa shape index (κ1) is 19.6. The normalized spacial score (nSPS) is 11.0. The SMILES string of the molecule is CC(C)CC(=O)NC(=S)Nc1ccc2oc(-c3cccc(Cl)c3Cl)nc2c1. The molecule has 5 nitrogen and oxygen atoms in total. The molecule has 2 N–H and O–H groups in total. The van der Waals surface area contributed by atoms with Crippen molar-refractivity contribution in [3.05, 3.63) is 46.4 Å². The number of halogens is 2. The lowest BCUT2D eigenvalue weighted by Gasteiger charge is -2.10. The van der Waals surface area contributed by atoms with E-state index in [0.717, 1.165) is 0 Å². The molecule has 0 saturated carbocycles. The highest BCUT2D eigenvalue weighted by atomic mass is 35.5. The number of oxazole rings is 1. The van der Waals surface area contributed by atoms with Gasteiger partial charge < -0.3 is 15.1 Å². The van der Waals surface area contributed by atoms with Crippen molar-refractivity contribution in [3.63, 3.8) is 0 Å².